The van der Waals surface area contributed by atoms with Crippen LogP contribution in [0.3, 0.4) is 0 Å². The molecule has 21 heteroatoms. The number of hydrogen-bond acceptors (Lipinski definition) is 13. The maximum absolute atomic E-state index is 16.1. The maximum atomic E-state index is 16.1. The molecule has 7 heterocycles. The van der Waals surface area contributed by atoms with E-state index in [0.717, 1.165) is 94.5 Å². The van der Waals surface area contributed by atoms with Crippen molar-refractivity contribution in [1.29, 1.82) is 0 Å². The Bertz CT molecular complexity index is 3030. The molecular formula is C53H63F2N11O7S. The van der Waals surface area contributed by atoms with Crippen molar-refractivity contribution in [3.8, 4) is 16.8 Å². The zero-order valence-electron chi connectivity index (χ0n) is 41.9. The van der Waals surface area contributed by atoms with Crippen molar-refractivity contribution in [3.63, 3.8) is 0 Å². The number of halogens is 2. The standard InChI is InChI=1S/C53H63F2N11O7S/c1-3-30-74(72,73)60-40-16-15-39(54)50(48(40)55)65-33-38(35-31-56-34-57-32-35)49-42(65)17-19-44(58-49)61(2)36-21-24-62(25-22-36)23-10-8-6-4-5-7-9-14-46(68)64-28-26-63(27-29-64)41-13-11-12-37-47(41)53(71)66(52(37)70)43-18-20-45(67)59-51(43)69/h11-13,15-17,19,31-34,36,43,60H,3-10,14,18,20-30H2,1-2H3,(H,59,67,69). The number of pyridine rings is 1. The third-order valence-corrected chi connectivity index (χ3v) is 16.3. The highest BCUT2D eigenvalue weighted by Gasteiger charge is 2.46. The number of rotatable bonds is 20. The monoisotopic (exact) mass is 1040 g/mol. The molecule has 392 valence electrons. The van der Waals surface area contributed by atoms with Crippen LogP contribution >= 0.6 is 0 Å². The predicted molar refractivity (Wildman–Crippen MR) is 276 cm³/mol. The molecule has 3 fully saturated rings. The van der Waals surface area contributed by atoms with Crippen molar-refractivity contribution in [2.75, 3.05) is 73.1 Å². The molecule has 0 spiro atoms. The van der Waals surface area contributed by atoms with Gasteiger partial charge in [-0.2, -0.15) is 0 Å². The Labute approximate surface area is 429 Å². The number of imide groups is 2. The molecule has 0 saturated carbocycles. The Morgan fingerprint density at radius 1 is 0.838 bits per heavy atom. The number of carbonyl (C=O) groups is 5. The van der Waals surface area contributed by atoms with Gasteiger partial charge in [-0.1, -0.05) is 45.1 Å². The Hall–Kier alpha value is -6.87. The summed E-state index contributed by atoms with van der Waals surface area (Å²) < 4.78 is 60.4. The van der Waals surface area contributed by atoms with Gasteiger partial charge < -0.3 is 24.2 Å². The van der Waals surface area contributed by atoms with E-state index in [0.29, 0.717) is 72.7 Å². The Kier molecular flexibility index (Phi) is 16.0. The van der Waals surface area contributed by atoms with E-state index in [1.54, 1.807) is 49.8 Å². The van der Waals surface area contributed by atoms with E-state index in [1.807, 2.05) is 22.9 Å². The summed E-state index contributed by atoms with van der Waals surface area (Å²) in [6.07, 6.45) is 16.5. The molecule has 4 aliphatic heterocycles. The summed E-state index contributed by atoms with van der Waals surface area (Å²) in [4.78, 5) is 87.3. The van der Waals surface area contributed by atoms with Gasteiger partial charge in [-0.05, 0) is 81.5 Å². The quantitative estimate of drug-likeness (QED) is 0.0618. The summed E-state index contributed by atoms with van der Waals surface area (Å²) in [7, 11) is -1.82. The van der Waals surface area contributed by atoms with Crippen LogP contribution in [0.4, 0.5) is 26.0 Å². The van der Waals surface area contributed by atoms with E-state index in [9.17, 15) is 32.4 Å². The zero-order chi connectivity index (χ0) is 52.1. The van der Waals surface area contributed by atoms with Crippen LogP contribution in [-0.4, -0.2) is 143 Å². The van der Waals surface area contributed by atoms with E-state index in [1.165, 1.54) is 10.9 Å². The van der Waals surface area contributed by atoms with Crippen molar-refractivity contribution in [1.82, 2.24) is 39.5 Å². The van der Waals surface area contributed by atoms with Gasteiger partial charge in [-0.15, -0.1) is 0 Å². The van der Waals surface area contributed by atoms with Crippen LogP contribution in [0, 0.1) is 11.6 Å². The van der Waals surface area contributed by atoms with Gasteiger partial charge in [-0.3, -0.25) is 38.9 Å². The number of unbranched alkanes of at least 4 members (excludes halogenated alkanes) is 6. The number of nitrogens with one attached hydrogen (secondary N) is 2. The molecule has 5 amide bonds. The van der Waals surface area contributed by atoms with Crippen molar-refractivity contribution in [3.05, 3.63) is 90.1 Å². The molecular weight excluding hydrogens is 973 g/mol. The minimum absolute atomic E-state index is 0.0570. The molecule has 0 radical (unpaired) electrons. The topological polar surface area (TPSA) is 203 Å². The molecule has 1 atom stereocenters. The lowest BCUT2D eigenvalue weighted by molar-refractivity contribution is -0.136. The van der Waals surface area contributed by atoms with Crippen molar-refractivity contribution < 1.29 is 41.2 Å². The molecule has 2 aromatic carbocycles. The third kappa shape index (κ3) is 11.1. The highest BCUT2D eigenvalue weighted by atomic mass is 32.2. The van der Waals surface area contributed by atoms with Crippen LogP contribution < -0.4 is 19.8 Å². The molecule has 3 saturated heterocycles. The number of nitrogens with zero attached hydrogens (tertiary/aromatic N) is 9. The summed E-state index contributed by atoms with van der Waals surface area (Å²) in [5, 5.41) is 2.24. The van der Waals surface area contributed by atoms with Crippen LogP contribution in [-0.2, 0) is 24.4 Å². The SMILES string of the molecule is CCCS(=O)(=O)Nc1ccc(F)c(-n2cc(-c3cncnc3)c3nc(N(C)C4CCN(CCCCCCCCCC(=O)N5CCN(c6cccc7c6C(=O)N(C6CCC(=O)NC6=O)C7=O)CC5)CC4)ccc32)c1F. The second-order valence-corrected chi connectivity index (χ2v) is 21.5. The molecule has 5 aromatic rings. The van der Waals surface area contributed by atoms with Crippen LogP contribution in [0.5, 0.6) is 0 Å². The average molecular weight is 1040 g/mol. The number of fused-ring (bicyclic) bond motifs is 2. The largest absolute Gasteiger partial charge is 0.367 e. The number of sulfonamides is 1. The molecule has 74 heavy (non-hydrogen) atoms. The van der Waals surface area contributed by atoms with Gasteiger partial charge in [0.25, 0.3) is 11.8 Å². The van der Waals surface area contributed by atoms with E-state index in [-0.39, 0.29) is 47.4 Å². The first-order valence-electron chi connectivity index (χ1n) is 25.8. The van der Waals surface area contributed by atoms with E-state index < -0.39 is 57.0 Å². The molecule has 3 aromatic heterocycles. The normalized spacial score (nSPS) is 17.8. The summed E-state index contributed by atoms with van der Waals surface area (Å²) in [5.41, 5.74) is 2.45. The van der Waals surface area contributed by atoms with Gasteiger partial charge >= 0.3 is 0 Å². The van der Waals surface area contributed by atoms with Crippen molar-refractivity contribution >= 4 is 67.8 Å². The smallest absolute Gasteiger partial charge is 0.264 e. The number of piperazine rings is 1. The fourth-order valence-electron chi connectivity index (χ4n) is 10.8. The summed E-state index contributed by atoms with van der Waals surface area (Å²) in [5.74, 6) is -3.41. The van der Waals surface area contributed by atoms with Crippen molar-refractivity contribution in [2.24, 2.45) is 0 Å². The lowest BCUT2D eigenvalue weighted by atomic mass is 10.0. The maximum Gasteiger partial charge on any atom is 0.264 e. The highest BCUT2D eigenvalue weighted by molar-refractivity contribution is 7.92. The van der Waals surface area contributed by atoms with Crippen LogP contribution in [0.15, 0.2) is 67.4 Å². The number of anilines is 3. The van der Waals surface area contributed by atoms with Gasteiger partial charge in [0.05, 0.1) is 39.3 Å². The van der Waals surface area contributed by atoms with Gasteiger partial charge in [0.15, 0.2) is 5.82 Å². The fraction of sp³-hybridized carbons (Fsp3) is 0.472. The average Bonchev–Trinajstić information content (AvgIpc) is 3.89. The summed E-state index contributed by atoms with van der Waals surface area (Å²) in [6, 6.07) is 10.1. The summed E-state index contributed by atoms with van der Waals surface area (Å²) >= 11 is 0. The fourth-order valence-corrected chi connectivity index (χ4v) is 11.9. The number of hydrogen-bond donors (Lipinski definition) is 2. The first kappa shape index (κ1) is 52.0. The Morgan fingerprint density at radius 2 is 1.55 bits per heavy atom. The number of benzene rings is 2. The molecule has 1 unspecified atom stereocenters. The summed E-state index contributed by atoms with van der Waals surface area (Å²) in [6.45, 7) is 6.70. The number of piperidine rings is 2. The second-order valence-electron chi connectivity index (χ2n) is 19.7. The minimum atomic E-state index is -3.84. The number of likely N-dealkylation sites (tertiary alicyclic amines) is 1. The van der Waals surface area contributed by atoms with Gasteiger partial charge in [0, 0.05) is 94.9 Å². The van der Waals surface area contributed by atoms with E-state index in [4.69, 9.17) is 4.98 Å². The van der Waals surface area contributed by atoms with Crippen molar-refractivity contribution in [2.45, 2.75) is 102 Å². The zero-order valence-corrected chi connectivity index (χ0v) is 42.7. The number of amides is 5. The number of aromatic nitrogens is 4. The van der Waals surface area contributed by atoms with E-state index in [2.05, 4.69) is 29.8 Å². The van der Waals surface area contributed by atoms with Gasteiger partial charge in [0.2, 0.25) is 27.7 Å². The third-order valence-electron chi connectivity index (χ3n) is 14.8. The highest BCUT2D eigenvalue weighted by Crippen LogP contribution is 2.37. The predicted octanol–water partition coefficient (Wildman–Crippen LogP) is 6.68. The van der Waals surface area contributed by atoms with Crippen LogP contribution in [0.1, 0.15) is 111 Å². The van der Waals surface area contributed by atoms with Crippen LogP contribution in [0.25, 0.3) is 27.8 Å². The molecule has 18 nitrogen and oxygen atoms in total. The number of carbonyl (C=O) groups excluding carboxylic acids is 5. The minimum Gasteiger partial charge on any atom is -0.367 e. The molecule has 2 N–H and O–H groups in total. The lowest BCUT2D eigenvalue weighted by Crippen LogP contribution is -2.54. The molecule has 9 rings (SSSR count). The first-order valence-corrected chi connectivity index (χ1v) is 27.5. The molecule has 4 aliphatic rings. The second kappa shape index (κ2) is 22.7. The Balaban J connectivity index is 0.690. The van der Waals surface area contributed by atoms with E-state index >= 15 is 8.78 Å². The Morgan fingerprint density at radius 3 is 2.27 bits per heavy atom. The molecule has 0 aliphatic carbocycles. The van der Waals surface area contributed by atoms with Crippen LogP contribution in [0.2, 0.25) is 0 Å². The first-order chi connectivity index (χ1) is 35.7. The van der Waals surface area contributed by atoms with Gasteiger partial charge in [-0.25, -0.2) is 32.2 Å². The lowest BCUT2D eigenvalue weighted by Gasteiger charge is -2.37. The molecule has 0 bridgehead atoms. The van der Waals surface area contributed by atoms with Gasteiger partial charge in [0.1, 0.15) is 29.7 Å².